The molecule has 3 aromatic heterocycles. The number of rotatable bonds is 6. The van der Waals surface area contributed by atoms with Crippen molar-refractivity contribution >= 4 is 17.4 Å². The summed E-state index contributed by atoms with van der Waals surface area (Å²) in [6.07, 6.45) is 6.27. The smallest absolute Gasteiger partial charge is 0.191 e. The summed E-state index contributed by atoms with van der Waals surface area (Å²) in [5, 5.41) is 9.64. The van der Waals surface area contributed by atoms with Gasteiger partial charge in [0, 0.05) is 30.3 Å². The van der Waals surface area contributed by atoms with Crippen LogP contribution in [0.4, 0.5) is 4.39 Å². The molecule has 0 bridgehead atoms. The van der Waals surface area contributed by atoms with Crippen molar-refractivity contribution in [3.8, 4) is 11.4 Å². The fourth-order valence-electron chi connectivity index (χ4n) is 3.56. The van der Waals surface area contributed by atoms with Crippen LogP contribution >= 0.6 is 11.8 Å². The summed E-state index contributed by atoms with van der Waals surface area (Å²) in [6.45, 7) is 1.48. The monoisotopic (exact) mass is 409 g/mol. The molecule has 1 aromatic carbocycles. The highest BCUT2D eigenvalue weighted by molar-refractivity contribution is 7.98. The molecule has 148 valence electrons. The van der Waals surface area contributed by atoms with Crippen molar-refractivity contribution in [2.75, 3.05) is 6.61 Å². The van der Waals surface area contributed by atoms with Crippen molar-refractivity contribution in [2.45, 2.75) is 36.4 Å². The second kappa shape index (κ2) is 7.96. The van der Waals surface area contributed by atoms with Crippen molar-refractivity contribution in [3.05, 3.63) is 66.4 Å². The van der Waals surface area contributed by atoms with Gasteiger partial charge in [0.25, 0.3) is 0 Å². The Morgan fingerprint density at radius 1 is 1.14 bits per heavy atom. The summed E-state index contributed by atoms with van der Waals surface area (Å²) in [6, 6.07) is 12.3. The third kappa shape index (κ3) is 3.90. The van der Waals surface area contributed by atoms with Gasteiger partial charge in [-0.1, -0.05) is 17.8 Å². The van der Waals surface area contributed by atoms with E-state index >= 15 is 0 Å². The molecule has 5 rings (SSSR count). The Morgan fingerprint density at radius 3 is 2.83 bits per heavy atom. The zero-order valence-electron chi connectivity index (χ0n) is 15.7. The Labute approximate surface area is 171 Å². The van der Waals surface area contributed by atoms with Gasteiger partial charge in [-0.2, -0.15) is 0 Å². The van der Waals surface area contributed by atoms with E-state index in [1.54, 1.807) is 23.9 Å². The Morgan fingerprint density at radius 2 is 2.03 bits per heavy atom. The number of ether oxygens (including phenoxy) is 1. The van der Waals surface area contributed by atoms with Crippen LogP contribution in [0.5, 0.6) is 0 Å². The fraction of sp³-hybridized carbons (Fsp3) is 0.286. The van der Waals surface area contributed by atoms with Crippen molar-refractivity contribution < 1.29 is 9.13 Å². The average Bonchev–Trinajstić information content (AvgIpc) is 3.47. The predicted octanol–water partition coefficient (Wildman–Crippen LogP) is 4.20. The van der Waals surface area contributed by atoms with Gasteiger partial charge in [0.15, 0.2) is 11.0 Å². The van der Waals surface area contributed by atoms with Crippen molar-refractivity contribution in [1.29, 1.82) is 0 Å². The highest BCUT2D eigenvalue weighted by atomic mass is 32.2. The van der Waals surface area contributed by atoms with E-state index in [9.17, 15) is 4.39 Å². The number of thioether (sulfide) groups is 1. The van der Waals surface area contributed by atoms with Crippen LogP contribution in [0.2, 0.25) is 0 Å². The molecule has 1 aliphatic heterocycles. The minimum atomic E-state index is -0.264. The molecule has 1 fully saturated rings. The van der Waals surface area contributed by atoms with Crippen molar-refractivity contribution in [2.24, 2.45) is 0 Å². The second-order valence-corrected chi connectivity index (χ2v) is 7.99. The summed E-state index contributed by atoms with van der Waals surface area (Å²) in [7, 11) is 0. The first-order chi connectivity index (χ1) is 14.3. The van der Waals surface area contributed by atoms with Gasteiger partial charge in [0.05, 0.1) is 18.3 Å². The quantitative estimate of drug-likeness (QED) is 0.447. The topological polar surface area (TPSA) is 57.2 Å². The lowest BCUT2D eigenvalue weighted by Crippen LogP contribution is -2.16. The van der Waals surface area contributed by atoms with Crippen molar-refractivity contribution in [1.82, 2.24) is 24.1 Å². The Bertz CT molecular complexity index is 1080. The minimum Gasteiger partial charge on any atom is -0.376 e. The first-order valence-corrected chi connectivity index (χ1v) is 10.6. The molecule has 1 saturated heterocycles. The van der Waals surface area contributed by atoms with Crippen molar-refractivity contribution in [3.63, 3.8) is 0 Å². The Balaban J connectivity index is 1.42. The third-order valence-corrected chi connectivity index (χ3v) is 5.99. The van der Waals surface area contributed by atoms with Gasteiger partial charge >= 0.3 is 0 Å². The van der Waals surface area contributed by atoms with Gasteiger partial charge in [0.1, 0.15) is 11.5 Å². The molecule has 0 spiro atoms. The van der Waals surface area contributed by atoms with Crippen LogP contribution in [0.1, 0.15) is 18.5 Å². The summed E-state index contributed by atoms with van der Waals surface area (Å²) in [5.41, 5.74) is 2.75. The summed E-state index contributed by atoms with van der Waals surface area (Å²) >= 11 is 1.60. The molecule has 1 aliphatic rings. The molecule has 0 aliphatic carbocycles. The van der Waals surface area contributed by atoms with E-state index in [-0.39, 0.29) is 11.9 Å². The van der Waals surface area contributed by atoms with E-state index in [1.807, 2.05) is 35.0 Å². The molecule has 4 aromatic rings. The number of benzene rings is 1. The highest BCUT2D eigenvalue weighted by Crippen LogP contribution is 2.28. The van der Waals surface area contributed by atoms with Crippen LogP contribution in [-0.4, -0.2) is 36.9 Å². The van der Waals surface area contributed by atoms with Crippen LogP contribution < -0.4 is 0 Å². The SMILES string of the molecule is Fc1ccc(-c2nnc(SCc3cn4ccccc4n3)n2C[C@H]2CCCO2)cc1. The maximum atomic E-state index is 13.4. The van der Waals surface area contributed by atoms with E-state index < -0.39 is 0 Å². The number of nitrogens with zero attached hydrogens (tertiary/aromatic N) is 5. The maximum Gasteiger partial charge on any atom is 0.191 e. The molecule has 29 heavy (non-hydrogen) atoms. The summed E-state index contributed by atoms with van der Waals surface area (Å²) in [4.78, 5) is 4.65. The van der Waals surface area contributed by atoms with E-state index in [2.05, 4.69) is 19.7 Å². The van der Waals surface area contributed by atoms with E-state index in [0.717, 1.165) is 47.3 Å². The third-order valence-electron chi connectivity index (χ3n) is 4.99. The standard InChI is InChI=1S/C21H20FN5OS/c22-16-8-6-15(7-9-16)20-24-25-21(27(20)13-18-4-3-11-28-18)29-14-17-12-26-10-2-1-5-19(26)23-17/h1-2,5-10,12,18H,3-4,11,13-14H2/t18-/m1/s1. The van der Waals surface area contributed by atoms with Crippen LogP contribution in [0.25, 0.3) is 17.0 Å². The number of aromatic nitrogens is 5. The fourth-order valence-corrected chi connectivity index (χ4v) is 4.39. The largest absolute Gasteiger partial charge is 0.376 e. The van der Waals surface area contributed by atoms with Gasteiger partial charge in [-0.05, 0) is 49.2 Å². The maximum absolute atomic E-state index is 13.4. The molecular formula is C21H20FN5OS. The number of hydrogen-bond donors (Lipinski definition) is 0. The van der Waals surface area contributed by atoms with Gasteiger partial charge in [-0.3, -0.25) is 4.57 Å². The minimum absolute atomic E-state index is 0.153. The number of pyridine rings is 1. The lowest BCUT2D eigenvalue weighted by atomic mass is 10.2. The number of hydrogen-bond acceptors (Lipinski definition) is 5. The molecule has 8 heteroatoms. The van der Waals surface area contributed by atoms with Gasteiger partial charge < -0.3 is 9.14 Å². The van der Waals surface area contributed by atoms with E-state index in [1.165, 1.54) is 12.1 Å². The number of imidazole rings is 1. The molecule has 0 N–H and O–H groups in total. The first-order valence-electron chi connectivity index (χ1n) is 9.62. The first kappa shape index (κ1) is 18.3. The highest BCUT2D eigenvalue weighted by Gasteiger charge is 2.22. The Kier molecular flexibility index (Phi) is 5.03. The van der Waals surface area contributed by atoms with Crippen LogP contribution in [0, 0.1) is 5.82 Å². The van der Waals surface area contributed by atoms with Gasteiger partial charge in [0.2, 0.25) is 0 Å². The summed E-state index contributed by atoms with van der Waals surface area (Å²) < 4.78 is 23.3. The molecular weight excluding hydrogens is 389 g/mol. The molecule has 1 atom stereocenters. The molecule has 4 heterocycles. The molecule has 6 nitrogen and oxygen atoms in total. The molecule has 0 radical (unpaired) electrons. The molecule has 0 amide bonds. The lowest BCUT2D eigenvalue weighted by molar-refractivity contribution is 0.0953. The zero-order valence-corrected chi connectivity index (χ0v) is 16.6. The van der Waals surface area contributed by atoms with E-state index in [0.29, 0.717) is 12.3 Å². The molecule has 0 saturated carbocycles. The van der Waals surface area contributed by atoms with Gasteiger partial charge in [-0.15, -0.1) is 10.2 Å². The number of halogens is 1. The predicted molar refractivity (Wildman–Crippen MR) is 109 cm³/mol. The van der Waals surface area contributed by atoms with Crippen LogP contribution in [-0.2, 0) is 17.0 Å². The molecule has 0 unspecified atom stereocenters. The zero-order chi connectivity index (χ0) is 19.6. The van der Waals surface area contributed by atoms with Gasteiger partial charge in [-0.25, -0.2) is 9.37 Å². The van der Waals surface area contributed by atoms with Crippen LogP contribution in [0.15, 0.2) is 60.0 Å². The lowest BCUT2D eigenvalue weighted by Gasteiger charge is -2.14. The van der Waals surface area contributed by atoms with Crippen LogP contribution in [0.3, 0.4) is 0 Å². The Hall–Kier alpha value is -2.71. The normalized spacial score (nSPS) is 16.7. The summed E-state index contributed by atoms with van der Waals surface area (Å²) in [5.74, 6) is 1.16. The number of fused-ring (bicyclic) bond motifs is 1. The van der Waals surface area contributed by atoms with E-state index in [4.69, 9.17) is 4.74 Å². The second-order valence-electron chi connectivity index (χ2n) is 7.05. The average molecular weight is 409 g/mol.